The molecule has 2 heterocycles. The van der Waals surface area contributed by atoms with Crippen molar-refractivity contribution in [1.82, 2.24) is 25.2 Å². The maximum atomic E-state index is 15.8. The van der Waals surface area contributed by atoms with Crippen LogP contribution in [0.2, 0.25) is 0 Å². The van der Waals surface area contributed by atoms with Gasteiger partial charge in [0.2, 0.25) is 0 Å². The smallest absolute Gasteiger partial charge is 0.298 e. The van der Waals surface area contributed by atoms with Crippen LogP contribution in [0.3, 0.4) is 0 Å². The first-order valence-corrected chi connectivity index (χ1v) is 13.4. The Hall–Kier alpha value is -5.29. The molecule has 1 atom stereocenters. The van der Waals surface area contributed by atoms with Gasteiger partial charge in [0.05, 0.1) is 18.5 Å². The first kappa shape index (κ1) is 32.1. The second-order valence-corrected chi connectivity index (χ2v) is 9.99. The number of halogens is 4. The Balaban J connectivity index is 1.30. The zero-order chi connectivity index (χ0) is 33.0. The normalized spacial score (nSPS) is 11.7. The molecule has 0 saturated heterocycles. The quantitative estimate of drug-likeness (QED) is 0.148. The van der Waals surface area contributed by atoms with Crippen LogP contribution in [0.1, 0.15) is 39.4 Å². The molecule has 15 heteroatoms. The van der Waals surface area contributed by atoms with E-state index in [0.29, 0.717) is 28.5 Å². The molecule has 8 radical (unpaired) electrons. The summed E-state index contributed by atoms with van der Waals surface area (Å²) in [6.07, 6.45) is 2.29. The van der Waals surface area contributed by atoms with E-state index in [1.54, 1.807) is 24.3 Å². The fourth-order valence-electron chi connectivity index (χ4n) is 4.58. The van der Waals surface area contributed by atoms with Gasteiger partial charge in [-0.25, -0.2) is 13.5 Å². The number of ether oxygens (including phenoxy) is 1. The fourth-order valence-corrected chi connectivity index (χ4v) is 4.58. The molecule has 0 spiro atoms. The number of tetrazole rings is 1. The van der Waals surface area contributed by atoms with Gasteiger partial charge in [0.25, 0.3) is 5.92 Å². The lowest BCUT2D eigenvalue weighted by Crippen LogP contribution is -2.47. The third-order valence-corrected chi connectivity index (χ3v) is 7.11. The molecule has 0 bridgehead atoms. The molecule has 0 amide bonds. The van der Waals surface area contributed by atoms with Crippen LogP contribution in [-0.2, 0) is 19.1 Å². The average Bonchev–Trinajstić information content (AvgIpc) is 3.56. The lowest BCUT2D eigenvalue weighted by molar-refractivity contribution is -0.0455. The standard InChI is InChI=1S/C31H16B4F4N6O/c32-27-22(12-40)28(33)30(35)23(29(27)34)15-46-20-7-3-17(4-8-20)1-2-18-5-10-26(41-13-18)31(38,39)24(14-45-16-42-43-44-45)21-9-6-19(36)11-25(21)37/h3-11,13,16,24H,14-15H2. The third-order valence-electron chi connectivity index (χ3n) is 7.11. The lowest BCUT2D eigenvalue weighted by atomic mass is 9.65. The molecule has 7 nitrogen and oxygen atoms in total. The molecule has 0 saturated carbocycles. The van der Waals surface area contributed by atoms with Gasteiger partial charge in [0.1, 0.15) is 67.4 Å². The molecule has 1 unspecified atom stereocenters. The van der Waals surface area contributed by atoms with E-state index in [0.717, 1.165) is 29.2 Å². The SMILES string of the molecule is [B]c1c([B])c(COc2ccc(C#Cc3ccc(C(F)(F)C(Cn4cnnn4)c4ccc(F)cc4F)nc3)cc2)c([B])c([B])c1C#N. The van der Waals surface area contributed by atoms with Crippen molar-refractivity contribution in [2.45, 2.75) is 25.0 Å². The van der Waals surface area contributed by atoms with Crippen molar-refractivity contribution in [3.63, 3.8) is 0 Å². The number of nitriles is 1. The highest BCUT2D eigenvalue weighted by Gasteiger charge is 2.45. The Morgan fingerprint density at radius 3 is 2.15 bits per heavy atom. The summed E-state index contributed by atoms with van der Waals surface area (Å²) in [5.74, 6) is -1.32. The summed E-state index contributed by atoms with van der Waals surface area (Å²) >= 11 is 0. The summed E-state index contributed by atoms with van der Waals surface area (Å²) in [6, 6.07) is 13.4. The molecule has 0 fully saturated rings. The predicted octanol–water partition coefficient (Wildman–Crippen LogP) is 0.948. The highest BCUT2D eigenvalue weighted by Crippen LogP contribution is 2.43. The maximum Gasteiger partial charge on any atom is 0.298 e. The van der Waals surface area contributed by atoms with Gasteiger partial charge >= 0.3 is 0 Å². The van der Waals surface area contributed by atoms with Crippen LogP contribution in [-0.4, -0.2) is 56.6 Å². The summed E-state index contributed by atoms with van der Waals surface area (Å²) < 4.78 is 66.5. The van der Waals surface area contributed by atoms with E-state index in [1.165, 1.54) is 12.3 Å². The first-order chi connectivity index (χ1) is 22.0. The van der Waals surface area contributed by atoms with Crippen LogP contribution in [0.25, 0.3) is 0 Å². The van der Waals surface area contributed by atoms with Gasteiger partial charge in [-0.05, 0) is 64.0 Å². The molecule has 5 aromatic rings. The summed E-state index contributed by atoms with van der Waals surface area (Å²) in [5.41, 5.74) is 0.474. The average molecular weight is 608 g/mol. The van der Waals surface area contributed by atoms with Crippen molar-refractivity contribution in [1.29, 1.82) is 5.26 Å². The Morgan fingerprint density at radius 2 is 1.57 bits per heavy atom. The number of nitrogens with zero attached hydrogens (tertiary/aromatic N) is 6. The molecular formula is C31H16B4F4N6O. The Bertz CT molecular complexity index is 1960. The highest BCUT2D eigenvalue weighted by molar-refractivity contribution is 6.58. The molecule has 3 aromatic carbocycles. The molecule has 0 aliphatic heterocycles. The number of alkyl halides is 2. The topological polar surface area (TPSA) is 89.5 Å². The van der Waals surface area contributed by atoms with Crippen molar-refractivity contribution in [3.8, 4) is 23.7 Å². The van der Waals surface area contributed by atoms with Crippen LogP contribution in [0.5, 0.6) is 5.75 Å². The molecule has 46 heavy (non-hydrogen) atoms. The minimum atomic E-state index is -3.70. The zero-order valence-corrected chi connectivity index (χ0v) is 23.8. The van der Waals surface area contributed by atoms with Crippen LogP contribution in [0.15, 0.2) is 67.1 Å². The lowest BCUT2D eigenvalue weighted by Gasteiger charge is -2.27. The van der Waals surface area contributed by atoms with Crippen LogP contribution >= 0.6 is 0 Å². The number of hydrogen-bond donors (Lipinski definition) is 0. The van der Waals surface area contributed by atoms with Gasteiger partial charge < -0.3 is 4.74 Å². The number of rotatable bonds is 8. The minimum Gasteiger partial charge on any atom is -0.489 e. The second kappa shape index (κ2) is 13.4. The minimum absolute atomic E-state index is 0.00531. The summed E-state index contributed by atoms with van der Waals surface area (Å²) in [4.78, 5) is 3.90. The van der Waals surface area contributed by atoms with Crippen LogP contribution in [0.4, 0.5) is 17.6 Å². The van der Waals surface area contributed by atoms with E-state index in [9.17, 15) is 14.0 Å². The predicted molar refractivity (Wildman–Crippen MR) is 165 cm³/mol. The molecule has 0 aliphatic rings. The van der Waals surface area contributed by atoms with E-state index in [4.69, 9.17) is 36.1 Å². The summed E-state index contributed by atoms with van der Waals surface area (Å²) in [6.45, 7) is -0.558. The van der Waals surface area contributed by atoms with Gasteiger partial charge in [0.15, 0.2) is 0 Å². The molecule has 2 aromatic heterocycles. The molecule has 0 N–H and O–H groups in total. The van der Waals surface area contributed by atoms with Crippen LogP contribution < -0.4 is 26.6 Å². The number of pyridine rings is 1. The molecular weight excluding hydrogens is 592 g/mol. The number of hydrogen-bond acceptors (Lipinski definition) is 6. The number of aromatic nitrogens is 5. The molecule has 5 rings (SSSR count). The fraction of sp³-hybridized carbons (Fsp3) is 0.129. The third kappa shape index (κ3) is 6.69. The van der Waals surface area contributed by atoms with Gasteiger partial charge in [-0.2, -0.15) is 14.0 Å². The monoisotopic (exact) mass is 608 g/mol. The number of benzene rings is 3. The van der Waals surface area contributed by atoms with Gasteiger partial charge in [-0.3, -0.25) is 4.98 Å². The van der Waals surface area contributed by atoms with Gasteiger partial charge in [-0.15, -0.1) is 5.10 Å². The van der Waals surface area contributed by atoms with E-state index in [2.05, 4.69) is 32.4 Å². The van der Waals surface area contributed by atoms with Gasteiger partial charge in [0, 0.05) is 29.0 Å². The first-order valence-electron chi connectivity index (χ1n) is 13.4. The zero-order valence-electron chi connectivity index (χ0n) is 23.8. The molecule has 216 valence electrons. The Labute approximate surface area is 266 Å². The van der Waals surface area contributed by atoms with Gasteiger partial charge in [-0.1, -0.05) is 39.8 Å². The Kier molecular flexibility index (Phi) is 9.33. The largest absolute Gasteiger partial charge is 0.489 e. The van der Waals surface area contributed by atoms with E-state index >= 15 is 8.78 Å². The van der Waals surface area contributed by atoms with E-state index in [1.807, 2.05) is 6.07 Å². The highest BCUT2D eigenvalue weighted by atomic mass is 19.3. The van der Waals surface area contributed by atoms with Crippen molar-refractivity contribution >= 4 is 53.2 Å². The van der Waals surface area contributed by atoms with E-state index in [-0.39, 0.29) is 34.0 Å². The summed E-state index contributed by atoms with van der Waals surface area (Å²) in [7, 11) is 23.9. The van der Waals surface area contributed by atoms with Crippen molar-refractivity contribution in [2.75, 3.05) is 0 Å². The Morgan fingerprint density at radius 1 is 0.891 bits per heavy atom. The summed E-state index contributed by atoms with van der Waals surface area (Å²) in [5, 5.41) is 19.7. The van der Waals surface area contributed by atoms with E-state index < -0.39 is 41.3 Å². The van der Waals surface area contributed by atoms with Crippen molar-refractivity contribution in [2.24, 2.45) is 0 Å². The van der Waals surface area contributed by atoms with Crippen molar-refractivity contribution in [3.05, 3.63) is 112 Å². The second-order valence-electron chi connectivity index (χ2n) is 9.99. The van der Waals surface area contributed by atoms with Crippen molar-refractivity contribution < 1.29 is 22.3 Å². The van der Waals surface area contributed by atoms with Crippen LogP contribution in [0, 0.1) is 34.8 Å². The molecule has 0 aliphatic carbocycles. The maximum absolute atomic E-state index is 15.8.